The molecule has 2 N–H and O–H groups in total. The monoisotopic (exact) mass is 512 g/mol. The highest BCUT2D eigenvalue weighted by molar-refractivity contribution is 9.10. The van der Waals surface area contributed by atoms with E-state index in [9.17, 15) is 13.2 Å². The molecule has 0 saturated carbocycles. The molecule has 0 unspecified atom stereocenters. The molecular formula is C19H14BrClN2O4S2. The van der Waals surface area contributed by atoms with E-state index in [1.54, 1.807) is 17.9 Å². The molecule has 1 aromatic heterocycles. The first-order valence-corrected chi connectivity index (χ1v) is 11.9. The van der Waals surface area contributed by atoms with Crippen LogP contribution in [0.2, 0.25) is 5.02 Å². The summed E-state index contributed by atoms with van der Waals surface area (Å²) in [5.41, 5.74) is 7.14. The summed E-state index contributed by atoms with van der Waals surface area (Å²) >= 11 is 10.6. The number of rotatable bonds is 3. The lowest BCUT2D eigenvalue weighted by molar-refractivity contribution is 0.0533. The normalized spacial score (nSPS) is 14.2. The van der Waals surface area contributed by atoms with Crippen molar-refractivity contribution in [1.82, 2.24) is 0 Å². The number of halogens is 2. The molecule has 0 saturated heterocycles. The van der Waals surface area contributed by atoms with E-state index in [2.05, 4.69) is 15.9 Å². The zero-order chi connectivity index (χ0) is 20.9. The summed E-state index contributed by atoms with van der Waals surface area (Å²) in [7, 11) is -3.96. The molecule has 29 heavy (non-hydrogen) atoms. The van der Waals surface area contributed by atoms with Gasteiger partial charge in [-0.05, 0) is 49.4 Å². The summed E-state index contributed by atoms with van der Waals surface area (Å²) in [5.74, 6) is -0.655. The number of hydrogen-bond donors (Lipinski definition) is 1. The molecule has 150 valence electrons. The van der Waals surface area contributed by atoms with Crippen LogP contribution < -0.4 is 10.6 Å². The molecule has 6 nitrogen and oxygen atoms in total. The maximum absolute atomic E-state index is 13.3. The highest BCUT2D eigenvalue weighted by Gasteiger charge is 2.41. The number of anilines is 4. The van der Waals surface area contributed by atoms with E-state index in [0.29, 0.717) is 21.4 Å². The van der Waals surface area contributed by atoms with Crippen molar-refractivity contribution in [3.05, 3.63) is 56.8 Å². The van der Waals surface area contributed by atoms with Crippen molar-refractivity contribution in [3.63, 3.8) is 0 Å². The first-order valence-electron chi connectivity index (χ1n) is 8.45. The van der Waals surface area contributed by atoms with Crippen LogP contribution in [0.4, 0.5) is 22.1 Å². The lowest BCUT2D eigenvalue weighted by Crippen LogP contribution is -2.21. The number of benzene rings is 2. The molecule has 2 heterocycles. The summed E-state index contributed by atoms with van der Waals surface area (Å²) in [6, 6.07) is 11.9. The summed E-state index contributed by atoms with van der Waals surface area (Å²) in [5, 5.41) is 0.710. The molecule has 0 amide bonds. The third-order valence-corrected chi connectivity index (χ3v) is 8.29. The molecule has 10 heteroatoms. The van der Waals surface area contributed by atoms with Crippen LogP contribution in [-0.2, 0) is 14.6 Å². The predicted molar refractivity (Wildman–Crippen MR) is 118 cm³/mol. The van der Waals surface area contributed by atoms with Gasteiger partial charge in [0.2, 0.25) is 9.84 Å². The molecule has 1 aliphatic heterocycles. The topological polar surface area (TPSA) is 89.7 Å². The highest BCUT2D eigenvalue weighted by atomic mass is 79.9. The van der Waals surface area contributed by atoms with Gasteiger partial charge in [-0.3, -0.25) is 4.90 Å². The molecular weight excluding hydrogens is 500 g/mol. The molecule has 0 fully saturated rings. The maximum atomic E-state index is 13.3. The van der Waals surface area contributed by atoms with Crippen molar-refractivity contribution in [1.29, 1.82) is 0 Å². The Balaban J connectivity index is 2.05. The number of sulfone groups is 1. The van der Waals surface area contributed by atoms with Crippen LogP contribution >= 0.6 is 38.9 Å². The zero-order valence-electron chi connectivity index (χ0n) is 15.0. The van der Waals surface area contributed by atoms with Gasteiger partial charge < -0.3 is 10.5 Å². The molecule has 0 bridgehead atoms. The average molecular weight is 514 g/mol. The van der Waals surface area contributed by atoms with Gasteiger partial charge in [0.15, 0.2) is 0 Å². The molecule has 2 aromatic carbocycles. The second kappa shape index (κ2) is 7.32. The van der Waals surface area contributed by atoms with Gasteiger partial charge in [0.05, 0.1) is 22.9 Å². The Morgan fingerprint density at radius 1 is 1.24 bits per heavy atom. The molecule has 0 atom stereocenters. The molecule has 0 radical (unpaired) electrons. The Labute approximate surface area is 184 Å². The number of carbonyl (C=O) groups excluding carboxylic acids is 1. The molecule has 3 aromatic rings. The Bertz CT molecular complexity index is 1240. The van der Waals surface area contributed by atoms with Crippen LogP contribution in [0.1, 0.15) is 16.6 Å². The standard InChI is InChI=1S/C19H14BrClN2O4S2/c1-2-27-19(24)16-15(22)17-18(28-16)23(12-6-3-10(20)4-7-12)13-9-11(21)5-8-14(13)29(17,25)26/h3-9H,2,22H2,1H3. The Morgan fingerprint density at radius 3 is 2.59 bits per heavy atom. The van der Waals surface area contributed by atoms with Crippen LogP contribution in [0.25, 0.3) is 0 Å². The van der Waals surface area contributed by atoms with Gasteiger partial charge in [-0.2, -0.15) is 0 Å². The van der Waals surface area contributed by atoms with Gasteiger partial charge in [0.1, 0.15) is 14.8 Å². The van der Waals surface area contributed by atoms with Crippen molar-refractivity contribution in [2.45, 2.75) is 16.7 Å². The van der Waals surface area contributed by atoms with Gasteiger partial charge in [-0.15, -0.1) is 11.3 Å². The lowest BCUT2D eigenvalue weighted by atomic mass is 10.2. The fourth-order valence-corrected chi connectivity index (χ4v) is 6.73. The fraction of sp³-hybridized carbons (Fsp3) is 0.105. The van der Waals surface area contributed by atoms with Crippen LogP contribution in [0.15, 0.2) is 56.7 Å². The van der Waals surface area contributed by atoms with E-state index in [-0.39, 0.29) is 27.0 Å². The number of nitrogens with zero attached hydrogens (tertiary/aromatic N) is 1. The van der Waals surface area contributed by atoms with Crippen molar-refractivity contribution < 1.29 is 17.9 Å². The highest BCUT2D eigenvalue weighted by Crippen LogP contribution is 2.55. The minimum atomic E-state index is -3.96. The lowest BCUT2D eigenvalue weighted by Gasteiger charge is -2.31. The minimum Gasteiger partial charge on any atom is -0.462 e. The van der Waals surface area contributed by atoms with E-state index in [0.717, 1.165) is 15.8 Å². The van der Waals surface area contributed by atoms with Gasteiger partial charge in [0.25, 0.3) is 0 Å². The Morgan fingerprint density at radius 2 is 1.93 bits per heavy atom. The molecule has 4 rings (SSSR count). The number of nitrogen functional groups attached to an aromatic ring is 1. The maximum Gasteiger partial charge on any atom is 0.350 e. The van der Waals surface area contributed by atoms with Crippen LogP contribution in [0.5, 0.6) is 0 Å². The summed E-state index contributed by atoms with van der Waals surface area (Å²) in [6.45, 7) is 1.82. The molecule has 1 aliphatic rings. The Kier molecular flexibility index (Phi) is 5.10. The second-order valence-electron chi connectivity index (χ2n) is 6.13. The third kappa shape index (κ3) is 3.22. The predicted octanol–water partition coefficient (Wildman–Crippen LogP) is 5.54. The van der Waals surface area contributed by atoms with Crippen LogP contribution in [0, 0.1) is 0 Å². The number of thiophene rings is 1. The third-order valence-electron chi connectivity index (χ3n) is 4.35. The van der Waals surface area contributed by atoms with Crippen molar-refractivity contribution >= 4 is 76.7 Å². The number of carbonyl (C=O) groups is 1. The van der Waals surface area contributed by atoms with E-state index in [1.807, 2.05) is 24.3 Å². The first-order chi connectivity index (χ1) is 13.8. The minimum absolute atomic E-state index is 0.0569. The summed E-state index contributed by atoms with van der Waals surface area (Å²) in [6.07, 6.45) is 0. The summed E-state index contributed by atoms with van der Waals surface area (Å²) in [4.78, 5) is 14.2. The van der Waals surface area contributed by atoms with Gasteiger partial charge >= 0.3 is 5.97 Å². The molecule has 0 aliphatic carbocycles. The number of fused-ring (bicyclic) bond motifs is 2. The SMILES string of the molecule is CCOC(=O)c1sc2c(c1N)S(=O)(=O)c1ccc(Cl)cc1N2c1ccc(Br)cc1. The average Bonchev–Trinajstić information content (AvgIpc) is 3.01. The van der Waals surface area contributed by atoms with E-state index < -0.39 is 15.8 Å². The van der Waals surface area contributed by atoms with Crippen LogP contribution in [-0.4, -0.2) is 21.0 Å². The van der Waals surface area contributed by atoms with Gasteiger partial charge in [-0.1, -0.05) is 27.5 Å². The summed E-state index contributed by atoms with van der Waals surface area (Å²) < 4.78 is 32.6. The quantitative estimate of drug-likeness (QED) is 0.362. The van der Waals surface area contributed by atoms with Crippen molar-refractivity contribution in [2.75, 3.05) is 17.2 Å². The molecule has 0 spiro atoms. The number of ether oxygens (including phenoxy) is 1. The van der Waals surface area contributed by atoms with E-state index in [1.165, 1.54) is 12.1 Å². The second-order valence-corrected chi connectivity index (χ2v) is 10.3. The zero-order valence-corrected chi connectivity index (χ0v) is 19.0. The number of nitrogens with two attached hydrogens (primary N) is 1. The smallest absolute Gasteiger partial charge is 0.350 e. The first kappa shape index (κ1) is 20.2. The number of hydrogen-bond acceptors (Lipinski definition) is 7. The van der Waals surface area contributed by atoms with Gasteiger partial charge in [0, 0.05) is 15.2 Å². The van der Waals surface area contributed by atoms with Crippen LogP contribution in [0.3, 0.4) is 0 Å². The fourth-order valence-electron chi connectivity index (χ4n) is 3.13. The van der Waals surface area contributed by atoms with Crippen molar-refractivity contribution in [2.24, 2.45) is 0 Å². The van der Waals surface area contributed by atoms with E-state index >= 15 is 0 Å². The van der Waals surface area contributed by atoms with E-state index in [4.69, 9.17) is 22.1 Å². The Hall–Kier alpha value is -2.07. The number of esters is 1. The van der Waals surface area contributed by atoms with Crippen molar-refractivity contribution in [3.8, 4) is 0 Å². The van der Waals surface area contributed by atoms with Gasteiger partial charge in [-0.25, -0.2) is 13.2 Å². The largest absolute Gasteiger partial charge is 0.462 e.